The second-order valence-corrected chi connectivity index (χ2v) is 5.41. The van der Waals surface area contributed by atoms with Gasteiger partial charge in [0.15, 0.2) is 0 Å². The molecule has 0 aliphatic rings. The number of rotatable bonds is 6. The molecule has 0 saturated carbocycles. The van der Waals surface area contributed by atoms with Crippen LogP contribution in [-0.2, 0) is 9.53 Å². The molecule has 1 aromatic carbocycles. The lowest BCUT2D eigenvalue weighted by atomic mass is 10.1. The quantitative estimate of drug-likeness (QED) is 0.820. The highest BCUT2D eigenvalue weighted by molar-refractivity contribution is 9.10. The summed E-state index contributed by atoms with van der Waals surface area (Å²) >= 11 is 5.00. The van der Waals surface area contributed by atoms with Gasteiger partial charge in [-0.15, -0.1) is 11.8 Å². The summed E-state index contributed by atoms with van der Waals surface area (Å²) in [6, 6.07) is 7.91. The first-order valence-corrected chi connectivity index (χ1v) is 7.25. The van der Waals surface area contributed by atoms with E-state index >= 15 is 0 Å². The lowest BCUT2D eigenvalue weighted by Gasteiger charge is -2.15. The first kappa shape index (κ1) is 14.5. The van der Waals surface area contributed by atoms with Crippen LogP contribution in [0.4, 0.5) is 0 Å². The molecule has 1 unspecified atom stereocenters. The van der Waals surface area contributed by atoms with Crippen LogP contribution in [0.2, 0.25) is 0 Å². The first-order chi connectivity index (χ1) is 8.19. The molecule has 1 rings (SSSR count). The van der Waals surface area contributed by atoms with Crippen LogP contribution in [-0.4, -0.2) is 24.9 Å². The standard InChI is InChI=1S/C12H16BrNO2S/c1-2-16-12(15)8-17-11(7-14)9-5-3-4-6-10(9)13/h3-6,11H,2,7-8,14H2,1H3. The van der Waals surface area contributed by atoms with E-state index in [9.17, 15) is 4.79 Å². The van der Waals surface area contributed by atoms with Crippen molar-refractivity contribution in [2.75, 3.05) is 18.9 Å². The Morgan fingerprint density at radius 2 is 2.24 bits per heavy atom. The van der Waals surface area contributed by atoms with Crippen LogP contribution in [0.15, 0.2) is 28.7 Å². The Bertz CT molecular complexity index is 373. The fourth-order valence-corrected chi connectivity index (χ4v) is 3.05. The molecule has 17 heavy (non-hydrogen) atoms. The van der Waals surface area contributed by atoms with E-state index in [1.807, 2.05) is 24.3 Å². The molecule has 0 fully saturated rings. The van der Waals surface area contributed by atoms with E-state index in [1.165, 1.54) is 11.8 Å². The number of carbonyl (C=O) groups excluding carboxylic acids is 1. The van der Waals surface area contributed by atoms with E-state index in [0.29, 0.717) is 18.9 Å². The summed E-state index contributed by atoms with van der Waals surface area (Å²) in [5.74, 6) is 0.139. The summed E-state index contributed by atoms with van der Waals surface area (Å²) < 4.78 is 5.91. The maximum Gasteiger partial charge on any atom is 0.315 e. The zero-order valence-corrected chi connectivity index (χ0v) is 12.1. The van der Waals surface area contributed by atoms with Gasteiger partial charge >= 0.3 is 5.97 Å². The van der Waals surface area contributed by atoms with Crippen molar-refractivity contribution >= 4 is 33.7 Å². The Morgan fingerprint density at radius 3 is 2.82 bits per heavy atom. The van der Waals surface area contributed by atoms with Crippen LogP contribution in [0.3, 0.4) is 0 Å². The van der Waals surface area contributed by atoms with Crippen LogP contribution >= 0.6 is 27.7 Å². The molecule has 94 valence electrons. The normalized spacial score (nSPS) is 12.2. The summed E-state index contributed by atoms with van der Waals surface area (Å²) in [6.07, 6.45) is 0. The molecular formula is C12H16BrNO2S. The van der Waals surface area contributed by atoms with E-state index in [2.05, 4.69) is 15.9 Å². The maximum absolute atomic E-state index is 11.3. The molecule has 1 aromatic rings. The Morgan fingerprint density at radius 1 is 1.53 bits per heavy atom. The van der Waals surface area contributed by atoms with Crippen LogP contribution < -0.4 is 5.73 Å². The van der Waals surface area contributed by atoms with Gasteiger partial charge in [0.2, 0.25) is 0 Å². The van der Waals surface area contributed by atoms with E-state index in [4.69, 9.17) is 10.5 Å². The van der Waals surface area contributed by atoms with Crippen molar-refractivity contribution in [2.24, 2.45) is 5.73 Å². The minimum atomic E-state index is -0.192. The largest absolute Gasteiger partial charge is 0.465 e. The van der Waals surface area contributed by atoms with Crippen molar-refractivity contribution in [1.82, 2.24) is 0 Å². The van der Waals surface area contributed by atoms with Crippen molar-refractivity contribution in [1.29, 1.82) is 0 Å². The highest BCUT2D eigenvalue weighted by Gasteiger charge is 2.15. The summed E-state index contributed by atoms with van der Waals surface area (Å²) in [5, 5.41) is 0.106. The topological polar surface area (TPSA) is 52.3 Å². The fraction of sp³-hybridized carbons (Fsp3) is 0.417. The monoisotopic (exact) mass is 317 g/mol. The smallest absolute Gasteiger partial charge is 0.315 e. The van der Waals surface area contributed by atoms with Gasteiger partial charge in [-0.2, -0.15) is 0 Å². The number of esters is 1. The number of benzene rings is 1. The van der Waals surface area contributed by atoms with Gasteiger partial charge in [-0.1, -0.05) is 34.1 Å². The Kier molecular flexibility index (Phi) is 6.62. The highest BCUT2D eigenvalue weighted by Crippen LogP contribution is 2.32. The molecular weight excluding hydrogens is 302 g/mol. The molecule has 0 saturated heterocycles. The summed E-state index contributed by atoms with van der Waals surface area (Å²) in [7, 11) is 0. The summed E-state index contributed by atoms with van der Waals surface area (Å²) in [4.78, 5) is 11.3. The van der Waals surface area contributed by atoms with Gasteiger partial charge in [0.05, 0.1) is 12.4 Å². The number of hydrogen-bond donors (Lipinski definition) is 1. The van der Waals surface area contributed by atoms with Crippen molar-refractivity contribution < 1.29 is 9.53 Å². The van der Waals surface area contributed by atoms with Crippen molar-refractivity contribution in [3.8, 4) is 0 Å². The molecule has 0 radical (unpaired) electrons. The Hall–Kier alpha value is -0.520. The van der Waals surface area contributed by atoms with Gasteiger partial charge in [-0.3, -0.25) is 4.79 Å². The van der Waals surface area contributed by atoms with Gasteiger partial charge in [-0.05, 0) is 18.6 Å². The van der Waals surface area contributed by atoms with Gasteiger partial charge in [0.25, 0.3) is 0 Å². The average molecular weight is 318 g/mol. The first-order valence-electron chi connectivity index (χ1n) is 5.40. The second kappa shape index (κ2) is 7.74. The number of ether oxygens (including phenoxy) is 1. The highest BCUT2D eigenvalue weighted by atomic mass is 79.9. The van der Waals surface area contributed by atoms with Crippen LogP contribution in [0.25, 0.3) is 0 Å². The number of halogens is 1. The van der Waals surface area contributed by atoms with Gasteiger partial charge < -0.3 is 10.5 Å². The van der Waals surface area contributed by atoms with Gasteiger partial charge in [0.1, 0.15) is 0 Å². The molecule has 0 amide bonds. The molecule has 2 N–H and O–H groups in total. The second-order valence-electron chi connectivity index (χ2n) is 3.36. The summed E-state index contributed by atoms with van der Waals surface area (Å²) in [5.41, 5.74) is 6.86. The SMILES string of the molecule is CCOC(=O)CSC(CN)c1ccccc1Br. The van der Waals surface area contributed by atoms with Crippen LogP contribution in [0.5, 0.6) is 0 Å². The minimum Gasteiger partial charge on any atom is -0.465 e. The zero-order chi connectivity index (χ0) is 12.7. The average Bonchev–Trinajstić information content (AvgIpc) is 2.32. The molecule has 5 heteroatoms. The molecule has 0 bridgehead atoms. The number of thioether (sulfide) groups is 1. The molecule has 0 aromatic heterocycles. The predicted octanol–water partition coefficient (Wildman–Crippen LogP) is 2.75. The molecule has 1 atom stereocenters. The lowest BCUT2D eigenvalue weighted by Crippen LogP contribution is -2.14. The minimum absolute atomic E-state index is 0.106. The predicted molar refractivity (Wildman–Crippen MR) is 75.0 cm³/mol. The molecule has 0 aliphatic carbocycles. The molecule has 0 aliphatic heterocycles. The number of hydrogen-bond acceptors (Lipinski definition) is 4. The van der Waals surface area contributed by atoms with E-state index in [0.717, 1.165) is 10.0 Å². The molecule has 0 heterocycles. The fourth-order valence-electron chi connectivity index (χ4n) is 1.39. The third-order valence-electron chi connectivity index (χ3n) is 2.17. The van der Waals surface area contributed by atoms with Gasteiger partial charge in [-0.25, -0.2) is 0 Å². The van der Waals surface area contributed by atoms with Crippen molar-refractivity contribution in [3.63, 3.8) is 0 Å². The van der Waals surface area contributed by atoms with Crippen molar-refractivity contribution in [2.45, 2.75) is 12.2 Å². The lowest BCUT2D eigenvalue weighted by molar-refractivity contribution is -0.139. The van der Waals surface area contributed by atoms with Gasteiger partial charge in [0, 0.05) is 16.3 Å². The zero-order valence-electron chi connectivity index (χ0n) is 9.69. The molecule has 0 spiro atoms. The summed E-state index contributed by atoms with van der Waals surface area (Å²) in [6.45, 7) is 2.71. The maximum atomic E-state index is 11.3. The third kappa shape index (κ3) is 4.69. The van der Waals surface area contributed by atoms with Crippen LogP contribution in [0, 0.1) is 0 Å². The Balaban J connectivity index is 2.60. The van der Waals surface area contributed by atoms with Crippen LogP contribution in [0.1, 0.15) is 17.7 Å². The van der Waals surface area contributed by atoms with E-state index in [-0.39, 0.29) is 11.2 Å². The third-order valence-corrected chi connectivity index (χ3v) is 4.15. The number of carbonyl (C=O) groups is 1. The Labute approximate surface area is 114 Å². The number of nitrogens with two attached hydrogens (primary N) is 1. The van der Waals surface area contributed by atoms with Crippen molar-refractivity contribution in [3.05, 3.63) is 34.3 Å². The van der Waals surface area contributed by atoms with E-state index < -0.39 is 0 Å². The van der Waals surface area contributed by atoms with E-state index in [1.54, 1.807) is 6.92 Å². The molecule has 3 nitrogen and oxygen atoms in total.